The molecule has 0 aromatic carbocycles. The molecule has 1 aliphatic rings. The second-order valence-electron chi connectivity index (χ2n) is 5.52. The summed E-state index contributed by atoms with van der Waals surface area (Å²) in [6.45, 7) is 7.10. The number of nitrogens with two attached hydrogens (primary N) is 1. The molecule has 0 fully saturated rings. The quantitative estimate of drug-likeness (QED) is 0.813. The van der Waals surface area contributed by atoms with Crippen LogP contribution in [0.3, 0.4) is 0 Å². The summed E-state index contributed by atoms with van der Waals surface area (Å²) in [4.78, 5) is 13.7. The molecule has 6 nitrogen and oxygen atoms in total. The molecule has 0 bridgehead atoms. The Hall–Kier alpha value is -1.56. The molecule has 1 aliphatic heterocycles. The predicted molar refractivity (Wildman–Crippen MR) is 67.0 cm³/mol. The summed E-state index contributed by atoms with van der Waals surface area (Å²) in [6, 6.07) is 1.93. The average Bonchev–Trinajstić information content (AvgIpc) is 2.73. The Balaban J connectivity index is 2.12. The van der Waals surface area contributed by atoms with Crippen molar-refractivity contribution in [2.45, 2.75) is 39.0 Å². The van der Waals surface area contributed by atoms with Crippen molar-refractivity contribution in [2.75, 3.05) is 13.1 Å². The number of aromatic nitrogens is 2. The minimum absolute atomic E-state index is 0.0243. The summed E-state index contributed by atoms with van der Waals surface area (Å²) in [5.74, 6) is 0. The highest BCUT2D eigenvalue weighted by molar-refractivity contribution is 5.68. The van der Waals surface area contributed by atoms with Crippen LogP contribution in [-0.2, 0) is 11.3 Å². The maximum atomic E-state index is 12.0. The molecule has 2 heterocycles. The fourth-order valence-corrected chi connectivity index (χ4v) is 2.03. The number of ether oxygens (including phenoxy) is 1. The van der Waals surface area contributed by atoms with Gasteiger partial charge in [0.25, 0.3) is 0 Å². The van der Waals surface area contributed by atoms with Crippen LogP contribution in [-0.4, -0.2) is 39.5 Å². The van der Waals surface area contributed by atoms with E-state index in [1.165, 1.54) is 0 Å². The van der Waals surface area contributed by atoms with E-state index in [4.69, 9.17) is 10.5 Å². The highest BCUT2D eigenvalue weighted by Crippen LogP contribution is 2.21. The Morgan fingerprint density at radius 1 is 1.61 bits per heavy atom. The lowest BCUT2D eigenvalue weighted by molar-refractivity contribution is 0.0163. The van der Waals surface area contributed by atoms with Crippen molar-refractivity contribution in [2.24, 2.45) is 5.73 Å². The van der Waals surface area contributed by atoms with Crippen LogP contribution in [0.2, 0.25) is 0 Å². The Labute approximate surface area is 107 Å². The van der Waals surface area contributed by atoms with Crippen molar-refractivity contribution >= 4 is 6.09 Å². The van der Waals surface area contributed by atoms with E-state index in [1.54, 1.807) is 11.1 Å². The number of hydrogen-bond donors (Lipinski definition) is 1. The van der Waals surface area contributed by atoms with Gasteiger partial charge in [-0.2, -0.15) is 5.10 Å². The first kappa shape index (κ1) is 12.9. The smallest absolute Gasteiger partial charge is 0.410 e. The summed E-state index contributed by atoms with van der Waals surface area (Å²) >= 11 is 0. The number of rotatable bonds is 1. The van der Waals surface area contributed by atoms with E-state index in [0.717, 1.165) is 5.69 Å². The van der Waals surface area contributed by atoms with Gasteiger partial charge in [-0.25, -0.2) is 4.79 Å². The summed E-state index contributed by atoms with van der Waals surface area (Å²) in [6.07, 6.45) is 1.43. The van der Waals surface area contributed by atoms with Gasteiger partial charge in [-0.1, -0.05) is 0 Å². The molecule has 2 N–H and O–H groups in total. The Morgan fingerprint density at radius 2 is 2.33 bits per heavy atom. The molecule has 2 rings (SSSR count). The third-order valence-corrected chi connectivity index (χ3v) is 2.81. The van der Waals surface area contributed by atoms with Gasteiger partial charge >= 0.3 is 6.09 Å². The molecule has 100 valence electrons. The standard InChI is InChI=1S/C12H20N4O2/c1-12(2,3)18-11(17)15-7-9-4-5-14-16(9)10(6-13)8-15/h4-5,10H,6-8,13H2,1-3H3. The van der Waals surface area contributed by atoms with Gasteiger partial charge in [0.05, 0.1) is 18.3 Å². The highest BCUT2D eigenvalue weighted by atomic mass is 16.6. The van der Waals surface area contributed by atoms with Gasteiger partial charge in [0.15, 0.2) is 0 Å². The van der Waals surface area contributed by atoms with Crippen LogP contribution >= 0.6 is 0 Å². The molecule has 1 atom stereocenters. The molecular weight excluding hydrogens is 232 g/mol. The molecular formula is C12H20N4O2. The van der Waals surface area contributed by atoms with E-state index in [1.807, 2.05) is 31.5 Å². The van der Waals surface area contributed by atoms with Gasteiger partial charge in [-0.05, 0) is 26.8 Å². The zero-order valence-corrected chi connectivity index (χ0v) is 11.1. The molecule has 18 heavy (non-hydrogen) atoms. The Bertz CT molecular complexity index is 436. The largest absolute Gasteiger partial charge is 0.444 e. The Kier molecular flexibility index (Phi) is 3.30. The molecule has 1 aromatic rings. The molecule has 0 saturated carbocycles. The molecule has 0 saturated heterocycles. The van der Waals surface area contributed by atoms with E-state index in [-0.39, 0.29) is 12.1 Å². The van der Waals surface area contributed by atoms with Gasteiger partial charge in [0.1, 0.15) is 5.60 Å². The van der Waals surface area contributed by atoms with Gasteiger partial charge in [0.2, 0.25) is 0 Å². The summed E-state index contributed by atoms with van der Waals surface area (Å²) < 4.78 is 7.27. The lowest BCUT2D eigenvalue weighted by Crippen LogP contribution is -2.45. The van der Waals surface area contributed by atoms with E-state index >= 15 is 0 Å². The first-order chi connectivity index (χ1) is 8.40. The first-order valence-electron chi connectivity index (χ1n) is 6.11. The van der Waals surface area contributed by atoms with Crippen molar-refractivity contribution < 1.29 is 9.53 Å². The van der Waals surface area contributed by atoms with E-state index in [2.05, 4.69) is 5.10 Å². The number of nitrogens with zero attached hydrogens (tertiary/aromatic N) is 3. The van der Waals surface area contributed by atoms with Crippen molar-refractivity contribution in [3.05, 3.63) is 18.0 Å². The number of carbonyl (C=O) groups excluding carboxylic acids is 1. The topological polar surface area (TPSA) is 73.4 Å². The molecule has 0 aliphatic carbocycles. The summed E-state index contributed by atoms with van der Waals surface area (Å²) in [7, 11) is 0. The number of hydrogen-bond acceptors (Lipinski definition) is 4. The Morgan fingerprint density at radius 3 is 2.94 bits per heavy atom. The van der Waals surface area contributed by atoms with Crippen molar-refractivity contribution in [3.63, 3.8) is 0 Å². The van der Waals surface area contributed by atoms with Crippen LogP contribution in [0.15, 0.2) is 12.3 Å². The second-order valence-corrected chi connectivity index (χ2v) is 5.52. The van der Waals surface area contributed by atoms with Crippen LogP contribution in [0.1, 0.15) is 32.5 Å². The fourth-order valence-electron chi connectivity index (χ4n) is 2.03. The average molecular weight is 252 g/mol. The number of fused-ring (bicyclic) bond motifs is 1. The van der Waals surface area contributed by atoms with E-state index in [0.29, 0.717) is 19.6 Å². The van der Waals surface area contributed by atoms with Crippen LogP contribution in [0.5, 0.6) is 0 Å². The first-order valence-corrected chi connectivity index (χ1v) is 6.11. The zero-order valence-electron chi connectivity index (χ0n) is 11.1. The summed E-state index contributed by atoms with van der Waals surface area (Å²) in [5.41, 5.74) is 6.24. The maximum Gasteiger partial charge on any atom is 0.410 e. The number of carbonyl (C=O) groups is 1. The fraction of sp³-hybridized carbons (Fsp3) is 0.667. The van der Waals surface area contributed by atoms with Crippen molar-refractivity contribution in [1.29, 1.82) is 0 Å². The second kappa shape index (κ2) is 4.61. The van der Waals surface area contributed by atoms with Gasteiger partial charge in [-0.15, -0.1) is 0 Å². The minimum atomic E-state index is -0.479. The van der Waals surface area contributed by atoms with E-state index in [9.17, 15) is 4.79 Å². The van der Waals surface area contributed by atoms with Crippen LogP contribution < -0.4 is 5.73 Å². The van der Waals surface area contributed by atoms with Crippen molar-refractivity contribution in [3.8, 4) is 0 Å². The van der Waals surface area contributed by atoms with Crippen LogP contribution in [0.4, 0.5) is 4.79 Å². The van der Waals surface area contributed by atoms with Crippen molar-refractivity contribution in [1.82, 2.24) is 14.7 Å². The molecule has 1 amide bonds. The number of amides is 1. The van der Waals surface area contributed by atoms with Gasteiger partial charge in [-0.3, -0.25) is 4.68 Å². The SMILES string of the molecule is CC(C)(C)OC(=O)N1Cc2ccnn2C(CN)C1. The molecule has 0 spiro atoms. The molecule has 1 unspecified atom stereocenters. The summed E-state index contributed by atoms with van der Waals surface area (Å²) in [5, 5.41) is 4.24. The van der Waals surface area contributed by atoms with Gasteiger partial charge in [0, 0.05) is 19.3 Å². The maximum absolute atomic E-state index is 12.0. The monoisotopic (exact) mass is 252 g/mol. The molecule has 0 radical (unpaired) electrons. The molecule has 1 aromatic heterocycles. The third-order valence-electron chi connectivity index (χ3n) is 2.81. The zero-order chi connectivity index (χ0) is 13.3. The van der Waals surface area contributed by atoms with Crippen LogP contribution in [0.25, 0.3) is 0 Å². The van der Waals surface area contributed by atoms with E-state index < -0.39 is 5.60 Å². The molecule has 6 heteroatoms. The highest BCUT2D eigenvalue weighted by Gasteiger charge is 2.30. The lowest BCUT2D eigenvalue weighted by Gasteiger charge is -2.34. The lowest BCUT2D eigenvalue weighted by atomic mass is 10.2. The third kappa shape index (κ3) is 2.64. The normalized spacial score (nSPS) is 19.6. The predicted octanol–water partition coefficient (Wildman–Crippen LogP) is 1.13. The van der Waals surface area contributed by atoms with Gasteiger partial charge < -0.3 is 15.4 Å². The minimum Gasteiger partial charge on any atom is -0.444 e. The van der Waals surface area contributed by atoms with Crippen LogP contribution in [0, 0.1) is 0 Å².